The van der Waals surface area contributed by atoms with Gasteiger partial charge in [-0.1, -0.05) is 86.0 Å². The largest absolute Gasteiger partial charge is 0.483 e. The van der Waals surface area contributed by atoms with E-state index in [4.69, 9.17) is 9.47 Å². The lowest BCUT2D eigenvalue weighted by atomic mass is 9.68. The average molecular weight is 543 g/mol. The molecule has 0 N–H and O–H groups in total. The molecule has 5 rings (SSSR count). The molecule has 206 valence electrons. The molecule has 0 amide bonds. The van der Waals surface area contributed by atoms with E-state index < -0.39 is 17.6 Å². The Labute approximate surface area is 242 Å². The van der Waals surface area contributed by atoms with Crippen LogP contribution in [0.1, 0.15) is 49.9 Å². The van der Waals surface area contributed by atoms with Crippen molar-refractivity contribution < 1.29 is 19.1 Å². The predicted molar refractivity (Wildman–Crippen MR) is 164 cm³/mol. The van der Waals surface area contributed by atoms with Crippen LogP contribution in [0.25, 0.3) is 11.1 Å². The maximum Gasteiger partial charge on any atom is 0.198 e. The van der Waals surface area contributed by atoms with E-state index in [1.165, 1.54) is 22.3 Å². The third-order valence-electron chi connectivity index (χ3n) is 7.73. The Hall–Kier alpha value is -4.70. The molecule has 0 spiro atoms. The number of Topliss-reactive ketones (excluding diaryl/α,β-unsaturated/α-hetero) is 2. The van der Waals surface area contributed by atoms with Crippen LogP contribution in [0.15, 0.2) is 121 Å². The molecule has 2 unspecified atom stereocenters. The molecule has 4 nitrogen and oxygen atoms in total. The van der Waals surface area contributed by atoms with Crippen LogP contribution >= 0.6 is 0 Å². The van der Waals surface area contributed by atoms with Gasteiger partial charge in [0.05, 0.1) is 5.41 Å². The summed E-state index contributed by atoms with van der Waals surface area (Å²) in [7, 11) is 0. The molecule has 4 heteroatoms. The molecule has 4 aromatic carbocycles. The van der Waals surface area contributed by atoms with Crippen LogP contribution in [0.4, 0.5) is 0 Å². The molecule has 0 radical (unpaired) electrons. The molecule has 0 fully saturated rings. The number of carbonyl (C=O) groups is 2. The standard InChI is InChI=1S/C37H34O4/c1-23(2)35(38)25(5)40-29-19-15-27(16-20-29)37(28-17-21-30(22-18-28)41-26(6)36(39)24(3)4)33-13-9-7-11-31(33)32-12-8-10-14-34(32)37/h7-22,25-26H,1,3H2,2,4-6H3. The highest BCUT2D eigenvalue weighted by Crippen LogP contribution is 2.56. The molecule has 4 aromatic rings. The van der Waals surface area contributed by atoms with Gasteiger partial charge in [0.2, 0.25) is 0 Å². The molecule has 0 aromatic heterocycles. The van der Waals surface area contributed by atoms with Gasteiger partial charge in [-0.15, -0.1) is 0 Å². The zero-order valence-electron chi connectivity index (χ0n) is 23.9. The Morgan fingerprint density at radius 2 is 0.927 bits per heavy atom. The van der Waals surface area contributed by atoms with Crippen LogP contribution in [0.3, 0.4) is 0 Å². The summed E-state index contributed by atoms with van der Waals surface area (Å²) in [6, 6.07) is 33.0. The molecule has 1 aliphatic rings. The Kier molecular flexibility index (Phi) is 7.51. The first kappa shape index (κ1) is 27.9. The quantitative estimate of drug-likeness (QED) is 0.169. The molecule has 1 aliphatic carbocycles. The lowest BCUT2D eigenvalue weighted by molar-refractivity contribution is -0.121. The maximum atomic E-state index is 12.3. The fourth-order valence-electron chi connectivity index (χ4n) is 5.80. The van der Waals surface area contributed by atoms with E-state index in [0.29, 0.717) is 22.6 Å². The summed E-state index contributed by atoms with van der Waals surface area (Å²) in [6.07, 6.45) is -1.24. The van der Waals surface area contributed by atoms with Crippen molar-refractivity contribution in [3.05, 3.63) is 144 Å². The fraction of sp³-hybridized carbons (Fsp3) is 0.189. The Bertz CT molecular complexity index is 1520. The Morgan fingerprint density at radius 3 is 1.27 bits per heavy atom. The van der Waals surface area contributed by atoms with Crippen molar-refractivity contribution in [2.45, 2.75) is 45.3 Å². The highest BCUT2D eigenvalue weighted by Gasteiger charge is 2.45. The van der Waals surface area contributed by atoms with Crippen molar-refractivity contribution in [1.82, 2.24) is 0 Å². The van der Waals surface area contributed by atoms with Gasteiger partial charge in [0, 0.05) is 0 Å². The third-order valence-corrected chi connectivity index (χ3v) is 7.73. The first-order valence-corrected chi connectivity index (χ1v) is 13.8. The van der Waals surface area contributed by atoms with Gasteiger partial charge in [-0.05, 0) is 96.5 Å². The summed E-state index contributed by atoms with van der Waals surface area (Å²) in [5, 5.41) is 0. The third kappa shape index (κ3) is 4.91. The van der Waals surface area contributed by atoms with Gasteiger partial charge in [0.25, 0.3) is 0 Å². The molecule has 0 bridgehead atoms. The predicted octanol–water partition coefficient (Wildman–Crippen LogP) is 7.87. The van der Waals surface area contributed by atoms with Crippen molar-refractivity contribution in [1.29, 1.82) is 0 Å². The molecule has 0 saturated heterocycles. The van der Waals surface area contributed by atoms with Crippen molar-refractivity contribution in [2.75, 3.05) is 0 Å². The minimum atomic E-state index is -0.619. The maximum absolute atomic E-state index is 12.3. The van der Waals surface area contributed by atoms with Crippen LogP contribution in [0.2, 0.25) is 0 Å². The number of carbonyl (C=O) groups excluding carboxylic acids is 2. The van der Waals surface area contributed by atoms with Crippen LogP contribution in [0.5, 0.6) is 11.5 Å². The number of benzene rings is 4. The zero-order chi connectivity index (χ0) is 29.3. The summed E-state index contributed by atoms with van der Waals surface area (Å²) in [6.45, 7) is 14.4. The van der Waals surface area contributed by atoms with Crippen LogP contribution in [-0.4, -0.2) is 23.8 Å². The van der Waals surface area contributed by atoms with Gasteiger partial charge in [0.15, 0.2) is 23.8 Å². The van der Waals surface area contributed by atoms with E-state index in [0.717, 1.165) is 11.1 Å². The number of rotatable bonds is 10. The van der Waals surface area contributed by atoms with E-state index in [-0.39, 0.29) is 11.6 Å². The van der Waals surface area contributed by atoms with Gasteiger partial charge in [-0.25, -0.2) is 0 Å². The minimum absolute atomic E-state index is 0.120. The molecule has 41 heavy (non-hydrogen) atoms. The Balaban J connectivity index is 1.61. The van der Waals surface area contributed by atoms with E-state index in [2.05, 4.69) is 86.0 Å². The van der Waals surface area contributed by atoms with E-state index in [9.17, 15) is 9.59 Å². The minimum Gasteiger partial charge on any atom is -0.483 e. The first-order chi connectivity index (χ1) is 19.6. The van der Waals surface area contributed by atoms with Crippen LogP contribution in [-0.2, 0) is 15.0 Å². The molecule has 0 heterocycles. The second kappa shape index (κ2) is 11.1. The molecular formula is C37H34O4. The zero-order valence-corrected chi connectivity index (χ0v) is 23.9. The van der Waals surface area contributed by atoms with E-state index in [1.807, 2.05) is 24.3 Å². The molecule has 2 atom stereocenters. The lowest BCUT2D eigenvalue weighted by Crippen LogP contribution is -2.29. The highest BCUT2D eigenvalue weighted by molar-refractivity contribution is 5.98. The summed E-state index contributed by atoms with van der Waals surface area (Å²) in [5.74, 6) is 0.993. The second-order valence-corrected chi connectivity index (χ2v) is 10.7. The SMILES string of the molecule is C=C(C)C(=O)C(C)Oc1ccc(C2(c3ccc(OC(C)C(=O)C(=C)C)cc3)c3ccccc3-c3ccccc32)cc1. The number of fused-ring (bicyclic) bond motifs is 3. The number of ether oxygens (including phenoxy) is 2. The summed E-state index contributed by atoms with van der Waals surface area (Å²) >= 11 is 0. The van der Waals surface area contributed by atoms with Crippen LogP contribution < -0.4 is 9.47 Å². The van der Waals surface area contributed by atoms with Crippen molar-refractivity contribution in [2.24, 2.45) is 0 Å². The van der Waals surface area contributed by atoms with Crippen LogP contribution in [0, 0.1) is 0 Å². The monoisotopic (exact) mass is 542 g/mol. The number of hydrogen-bond donors (Lipinski definition) is 0. The summed E-state index contributed by atoms with van der Waals surface area (Å²) in [4.78, 5) is 24.7. The van der Waals surface area contributed by atoms with Crippen molar-refractivity contribution >= 4 is 11.6 Å². The van der Waals surface area contributed by atoms with Crippen molar-refractivity contribution in [3.63, 3.8) is 0 Å². The molecule has 0 aliphatic heterocycles. The summed E-state index contributed by atoms with van der Waals surface area (Å²) in [5.41, 5.74) is 7.22. The fourth-order valence-corrected chi connectivity index (χ4v) is 5.80. The van der Waals surface area contributed by atoms with Gasteiger partial charge < -0.3 is 9.47 Å². The van der Waals surface area contributed by atoms with Gasteiger partial charge >= 0.3 is 0 Å². The second-order valence-electron chi connectivity index (χ2n) is 10.7. The van der Waals surface area contributed by atoms with Gasteiger partial charge in [-0.2, -0.15) is 0 Å². The molecular weight excluding hydrogens is 508 g/mol. The van der Waals surface area contributed by atoms with Crippen molar-refractivity contribution in [3.8, 4) is 22.6 Å². The summed E-state index contributed by atoms with van der Waals surface area (Å²) < 4.78 is 11.9. The first-order valence-electron chi connectivity index (χ1n) is 13.8. The highest BCUT2D eigenvalue weighted by atomic mass is 16.5. The molecule has 0 saturated carbocycles. The lowest BCUT2D eigenvalue weighted by Gasteiger charge is -2.34. The van der Waals surface area contributed by atoms with Gasteiger partial charge in [0.1, 0.15) is 11.5 Å². The Morgan fingerprint density at radius 1 is 0.585 bits per heavy atom. The average Bonchev–Trinajstić information content (AvgIpc) is 3.28. The normalized spacial score (nSPS) is 14.2. The number of ketones is 2. The van der Waals surface area contributed by atoms with E-state index in [1.54, 1.807) is 27.7 Å². The van der Waals surface area contributed by atoms with E-state index >= 15 is 0 Å². The smallest absolute Gasteiger partial charge is 0.198 e. The topological polar surface area (TPSA) is 52.6 Å². The van der Waals surface area contributed by atoms with Gasteiger partial charge in [-0.3, -0.25) is 9.59 Å². The number of hydrogen-bond acceptors (Lipinski definition) is 4.